The van der Waals surface area contributed by atoms with Crippen molar-refractivity contribution in [3.05, 3.63) is 77.3 Å². The highest BCUT2D eigenvalue weighted by molar-refractivity contribution is 14.1. The lowest BCUT2D eigenvalue weighted by Gasteiger charge is -2.12. The van der Waals surface area contributed by atoms with Gasteiger partial charge in [-0.15, -0.1) is 0 Å². The summed E-state index contributed by atoms with van der Waals surface area (Å²) in [5.41, 5.74) is 1.74. The van der Waals surface area contributed by atoms with E-state index in [9.17, 15) is 9.90 Å². The summed E-state index contributed by atoms with van der Waals surface area (Å²) in [5, 5.41) is 9.95. The zero-order chi connectivity index (χ0) is 19.2. The summed E-state index contributed by atoms with van der Waals surface area (Å²) in [5.74, 6) is 0.415. The van der Waals surface area contributed by atoms with Crippen LogP contribution in [-0.2, 0) is 0 Å². The Kier molecular flexibility index (Phi) is 6.58. The van der Waals surface area contributed by atoms with Crippen LogP contribution in [0.5, 0.6) is 17.2 Å². The lowest BCUT2D eigenvalue weighted by molar-refractivity contribution is 0.0694. The highest BCUT2D eigenvalue weighted by Crippen LogP contribution is 2.34. The van der Waals surface area contributed by atoms with Gasteiger partial charge in [0.15, 0.2) is 0 Å². The number of alkyl halides is 1. The van der Waals surface area contributed by atoms with E-state index in [1.54, 1.807) is 30.3 Å². The van der Waals surface area contributed by atoms with Gasteiger partial charge in [-0.3, -0.25) is 0 Å². The van der Waals surface area contributed by atoms with Gasteiger partial charge in [0.2, 0.25) is 0 Å². The fourth-order valence-corrected chi connectivity index (χ4v) is 2.98. The molecule has 27 heavy (non-hydrogen) atoms. The van der Waals surface area contributed by atoms with E-state index < -0.39 is 5.97 Å². The van der Waals surface area contributed by atoms with Crippen LogP contribution >= 0.6 is 34.2 Å². The van der Waals surface area contributed by atoms with Crippen LogP contribution < -0.4 is 9.47 Å². The maximum atomic E-state index is 11.5. The minimum Gasteiger partial charge on any atom is -0.491 e. The van der Waals surface area contributed by atoms with Crippen LogP contribution in [0.4, 0.5) is 0 Å². The summed E-state index contributed by atoms with van der Waals surface area (Å²) in [6.07, 6.45) is 0. The number of carbonyl (C=O) groups is 1. The quantitative estimate of drug-likeness (QED) is 0.309. The van der Waals surface area contributed by atoms with E-state index in [4.69, 9.17) is 21.1 Å². The van der Waals surface area contributed by atoms with Gasteiger partial charge in [0.05, 0.1) is 11.6 Å². The van der Waals surface area contributed by atoms with Crippen molar-refractivity contribution in [1.82, 2.24) is 0 Å². The van der Waals surface area contributed by atoms with Gasteiger partial charge in [-0.1, -0.05) is 64.5 Å². The molecule has 0 aliphatic heterocycles. The molecular formula is C21H16ClIO4. The number of carboxylic acid groups (broad SMARTS) is 1. The highest BCUT2D eigenvalue weighted by Gasteiger charge is 2.14. The molecule has 3 rings (SSSR count). The van der Waals surface area contributed by atoms with E-state index in [0.29, 0.717) is 23.1 Å². The standard InChI is InChI=1S/C21H16ClIO4/c22-18-12-14(7-9-19(18)26-11-10-23)15-6-8-17(21(24)25)20(13-15)27-16-4-2-1-3-5-16/h1-9,12-13H,10-11H2,(H,24,25). The Morgan fingerprint density at radius 2 is 1.67 bits per heavy atom. The Bertz CT molecular complexity index is 944. The lowest BCUT2D eigenvalue weighted by atomic mass is 10.0. The molecule has 1 N–H and O–H groups in total. The first-order chi connectivity index (χ1) is 13.1. The molecule has 0 saturated carbocycles. The van der Waals surface area contributed by atoms with Crippen LogP contribution in [0, 0.1) is 0 Å². The number of rotatable bonds is 7. The SMILES string of the molecule is O=C(O)c1ccc(-c2ccc(OCCI)c(Cl)c2)cc1Oc1ccccc1. The van der Waals surface area contributed by atoms with Crippen LogP contribution in [0.15, 0.2) is 66.7 Å². The van der Waals surface area contributed by atoms with Crippen molar-refractivity contribution in [2.24, 2.45) is 0 Å². The van der Waals surface area contributed by atoms with Gasteiger partial charge >= 0.3 is 5.97 Å². The molecule has 0 spiro atoms. The molecule has 4 nitrogen and oxygen atoms in total. The van der Waals surface area contributed by atoms with Crippen LogP contribution in [0.3, 0.4) is 0 Å². The van der Waals surface area contributed by atoms with Crippen LogP contribution in [-0.4, -0.2) is 22.1 Å². The largest absolute Gasteiger partial charge is 0.491 e. The van der Waals surface area contributed by atoms with Crippen LogP contribution in [0.1, 0.15) is 10.4 Å². The molecule has 0 aliphatic rings. The molecular weight excluding hydrogens is 479 g/mol. The average Bonchev–Trinajstić information content (AvgIpc) is 2.67. The smallest absolute Gasteiger partial charge is 0.339 e. The molecule has 0 aliphatic carbocycles. The van der Waals surface area contributed by atoms with Gasteiger partial charge < -0.3 is 14.6 Å². The first-order valence-electron chi connectivity index (χ1n) is 8.17. The summed E-state index contributed by atoms with van der Waals surface area (Å²) in [7, 11) is 0. The molecule has 0 fully saturated rings. The molecule has 3 aromatic rings. The summed E-state index contributed by atoms with van der Waals surface area (Å²) in [6.45, 7) is 0.585. The van der Waals surface area contributed by atoms with E-state index in [-0.39, 0.29) is 11.3 Å². The van der Waals surface area contributed by atoms with Gasteiger partial charge in [0, 0.05) is 4.43 Å². The lowest BCUT2D eigenvalue weighted by Crippen LogP contribution is -2.00. The van der Waals surface area contributed by atoms with Crippen molar-refractivity contribution in [3.63, 3.8) is 0 Å². The maximum Gasteiger partial charge on any atom is 0.339 e. The molecule has 0 unspecified atom stereocenters. The van der Waals surface area contributed by atoms with Crippen molar-refractivity contribution in [1.29, 1.82) is 0 Å². The third kappa shape index (κ3) is 4.93. The van der Waals surface area contributed by atoms with Gasteiger partial charge in [-0.25, -0.2) is 4.79 Å². The predicted molar refractivity (Wildman–Crippen MR) is 115 cm³/mol. The minimum atomic E-state index is -1.05. The third-order valence-corrected chi connectivity index (χ3v) is 4.52. The molecule has 0 atom stereocenters. The summed E-state index contributed by atoms with van der Waals surface area (Å²) >= 11 is 8.55. The number of hydrogen-bond donors (Lipinski definition) is 1. The monoisotopic (exact) mass is 494 g/mol. The molecule has 0 aromatic heterocycles. The van der Waals surface area contributed by atoms with E-state index in [1.165, 1.54) is 6.07 Å². The molecule has 0 amide bonds. The van der Waals surface area contributed by atoms with Crippen molar-refractivity contribution < 1.29 is 19.4 Å². The number of hydrogen-bond acceptors (Lipinski definition) is 3. The van der Waals surface area contributed by atoms with Crippen molar-refractivity contribution >= 4 is 40.2 Å². The fourth-order valence-electron chi connectivity index (χ4n) is 2.52. The van der Waals surface area contributed by atoms with Gasteiger partial charge in [-0.05, 0) is 47.5 Å². The van der Waals surface area contributed by atoms with Gasteiger partial charge in [-0.2, -0.15) is 0 Å². The molecule has 0 bridgehead atoms. The van der Waals surface area contributed by atoms with E-state index in [1.807, 2.05) is 30.3 Å². The van der Waals surface area contributed by atoms with Crippen molar-refractivity contribution in [2.45, 2.75) is 0 Å². The topological polar surface area (TPSA) is 55.8 Å². The Balaban J connectivity index is 1.95. The fraction of sp³-hybridized carbons (Fsp3) is 0.0952. The second-order valence-corrected chi connectivity index (χ2v) is 7.10. The third-order valence-electron chi connectivity index (χ3n) is 3.78. The predicted octanol–water partition coefficient (Wildman–Crippen LogP) is 6.31. The van der Waals surface area contributed by atoms with Crippen molar-refractivity contribution in [3.8, 4) is 28.4 Å². The van der Waals surface area contributed by atoms with Crippen LogP contribution in [0.2, 0.25) is 5.02 Å². The molecule has 3 aromatic carbocycles. The molecule has 6 heteroatoms. The Labute approximate surface area is 175 Å². The van der Waals surface area contributed by atoms with Crippen LogP contribution in [0.25, 0.3) is 11.1 Å². The zero-order valence-corrected chi connectivity index (χ0v) is 17.1. The molecule has 138 valence electrons. The number of benzene rings is 3. The first kappa shape index (κ1) is 19.5. The number of para-hydroxylation sites is 1. The number of aromatic carboxylic acids is 1. The summed E-state index contributed by atoms with van der Waals surface area (Å²) in [4.78, 5) is 11.5. The number of ether oxygens (including phenoxy) is 2. The Morgan fingerprint density at radius 1 is 0.963 bits per heavy atom. The molecule has 0 saturated heterocycles. The van der Waals surface area contributed by atoms with Gasteiger partial charge in [0.25, 0.3) is 0 Å². The average molecular weight is 495 g/mol. The number of carboxylic acids is 1. The number of halogens is 2. The second kappa shape index (κ2) is 9.10. The summed E-state index contributed by atoms with van der Waals surface area (Å²) < 4.78 is 12.3. The normalized spacial score (nSPS) is 10.4. The summed E-state index contributed by atoms with van der Waals surface area (Å²) in [6, 6.07) is 19.5. The molecule has 0 heterocycles. The first-order valence-corrected chi connectivity index (χ1v) is 10.1. The van der Waals surface area contributed by atoms with Crippen molar-refractivity contribution in [2.75, 3.05) is 11.0 Å². The minimum absolute atomic E-state index is 0.0932. The highest BCUT2D eigenvalue weighted by atomic mass is 127. The Morgan fingerprint density at radius 3 is 2.33 bits per heavy atom. The molecule has 0 radical (unpaired) electrons. The van der Waals surface area contributed by atoms with E-state index >= 15 is 0 Å². The maximum absolute atomic E-state index is 11.5. The second-order valence-electron chi connectivity index (χ2n) is 5.61. The zero-order valence-electron chi connectivity index (χ0n) is 14.2. The van der Waals surface area contributed by atoms with E-state index in [2.05, 4.69) is 22.6 Å². The van der Waals surface area contributed by atoms with Gasteiger partial charge in [0.1, 0.15) is 22.8 Å². The van der Waals surface area contributed by atoms with E-state index in [0.717, 1.165) is 15.6 Å². The Hall–Kier alpha value is -2.25.